The van der Waals surface area contributed by atoms with Crippen molar-refractivity contribution in [2.45, 2.75) is 29.4 Å². The fraction of sp³-hybridized carbons (Fsp3) is 0.467. The number of anilines is 1. The average Bonchev–Trinajstić information content (AvgIpc) is 2.63. The van der Waals surface area contributed by atoms with Gasteiger partial charge in [0.15, 0.2) is 0 Å². The molecule has 2 fully saturated rings. The molecule has 4 atom stereocenters. The van der Waals surface area contributed by atoms with Gasteiger partial charge in [0.25, 0.3) is 0 Å². The maximum absolute atomic E-state index is 12.6. The minimum atomic E-state index is -0.179. The summed E-state index contributed by atoms with van der Waals surface area (Å²) < 4.78 is 0. The summed E-state index contributed by atoms with van der Waals surface area (Å²) in [6, 6.07) is 7.57. The first kappa shape index (κ1) is 14.3. The molecular weight excluding hydrogens is 386 g/mol. The molecule has 3 nitrogen and oxygen atoms in total. The standard InChI is InChI=1S/C15H15Br2NO2/c1-8-3-2-4-9(5-8)18-14(19)10-6-12(16)13(17)7-11(10)15(18)20/h2-5,10-13H,6-7H2,1H3/t10-,11+,12+,13-. The van der Waals surface area contributed by atoms with Crippen molar-refractivity contribution in [3.63, 3.8) is 0 Å². The highest BCUT2D eigenvalue weighted by Gasteiger charge is 2.52. The second-order valence-corrected chi connectivity index (χ2v) is 7.92. The van der Waals surface area contributed by atoms with Crippen LogP contribution in [0.15, 0.2) is 24.3 Å². The molecule has 1 aromatic carbocycles. The summed E-state index contributed by atoms with van der Waals surface area (Å²) in [6.45, 7) is 1.96. The van der Waals surface area contributed by atoms with E-state index in [2.05, 4.69) is 31.9 Å². The number of benzene rings is 1. The molecule has 20 heavy (non-hydrogen) atoms. The predicted molar refractivity (Wildman–Crippen MR) is 85.3 cm³/mol. The molecule has 1 heterocycles. The quantitative estimate of drug-likeness (QED) is 0.535. The molecule has 1 saturated heterocycles. The Bertz CT molecular complexity index is 547. The molecule has 2 amide bonds. The highest BCUT2D eigenvalue weighted by molar-refractivity contribution is 9.12. The van der Waals surface area contributed by atoms with Gasteiger partial charge in [0, 0.05) is 9.65 Å². The normalized spacial score (nSPS) is 33.5. The van der Waals surface area contributed by atoms with Crippen LogP contribution in [0.4, 0.5) is 5.69 Å². The number of hydrogen-bond donors (Lipinski definition) is 0. The number of aryl methyl sites for hydroxylation is 1. The molecule has 0 radical (unpaired) electrons. The lowest BCUT2D eigenvalue weighted by molar-refractivity contribution is -0.122. The van der Waals surface area contributed by atoms with Crippen LogP contribution in [0.5, 0.6) is 0 Å². The van der Waals surface area contributed by atoms with Crippen molar-refractivity contribution < 1.29 is 9.59 Å². The Morgan fingerprint density at radius 2 is 1.60 bits per heavy atom. The largest absolute Gasteiger partial charge is 0.274 e. The number of carbonyl (C=O) groups excluding carboxylic acids is 2. The van der Waals surface area contributed by atoms with E-state index in [1.165, 1.54) is 4.90 Å². The van der Waals surface area contributed by atoms with E-state index < -0.39 is 0 Å². The summed E-state index contributed by atoms with van der Waals surface area (Å²) in [5.41, 5.74) is 1.75. The average molecular weight is 401 g/mol. The lowest BCUT2D eigenvalue weighted by atomic mass is 9.81. The fourth-order valence-corrected chi connectivity index (χ4v) is 4.35. The van der Waals surface area contributed by atoms with Crippen LogP contribution in [0.3, 0.4) is 0 Å². The van der Waals surface area contributed by atoms with Gasteiger partial charge in [0.2, 0.25) is 11.8 Å². The number of alkyl halides is 2. The van der Waals surface area contributed by atoms with E-state index in [0.29, 0.717) is 18.5 Å². The van der Waals surface area contributed by atoms with Crippen molar-refractivity contribution in [3.05, 3.63) is 29.8 Å². The summed E-state index contributed by atoms with van der Waals surface area (Å²) in [7, 11) is 0. The zero-order valence-corrected chi connectivity index (χ0v) is 14.2. The van der Waals surface area contributed by atoms with Gasteiger partial charge < -0.3 is 0 Å². The first-order chi connectivity index (χ1) is 9.49. The summed E-state index contributed by atoms with van der Waals surface area (Å²) in [6.07, 6.45) is 1.43. The molecule has 0 bridgehead atoms. The summed E-state index contributed by atoms with van der Waals surface area (Å²) in [5.74, 6) is -0.453. The molecule has 2 aliphatic rings. The molecule has 106 valence electrons. The smallest absolute Gasteiger partial charge is 0.237 e. The first-order valence-corrected chi connectivity index (χ1v) is 8.55. The molecular formula is C15H15Br2NO2. The second kappa shape index (κ2) is 5.26. The van der Waals surface area contributed by atoms with Gasteiger partial charge in [0.05, 0.1) is 17.5 Å². The van der Waals surface area contributed by atoms with E-state index in [4.69, 9.17) is 0 Å². The topological polar surface area (TPSA) is 37.4 Å². The number of fused-ring (bicyclic) bond motifs is 1. The monoisotopic (exact) mass is 399 g/mol. The molecule has 0 unspecified atom stereocenters. The Morgan fingerprint density at radius 3 is 2.10 bits per heavy atom. The van der Waals surface area contributed by atoms with E-state index >= 15 is 0 Å². The minimum absolute atomic E-state index is 0.0468. The Morgan fingerprint density at radius 1 is 1.05 bits per heavy atom. The fourth-order valence-electron chi connectivity index (χ4n) is 3.12. The summed E-state index contributed by atoms with van der Waals surface area (Å²) in [4.78, 5) is 27.0. The molecule has 0 N–H and O–H groups in total. The zero-order chi connectivity index (χ0) is 14.4. The van der Waals surface area contributed by atoms with E-state index in [0.717, 1.165) is 5.56 Å². The van der Waals surface area contributed by atoms with E-state index in [1.807, 2.05) is 31.2 Å². The van der Waals surface area contributed by atoms with Gasteiger partial charge >= 0.3 is 0 Å². The lowest BCUT2D eigenvalue weighted by Crippen LogP contribution is -2.34. The molecule has 3 rings (SSSR count). The van der Waals surface area contributed by atoms with Crippen molar-refractivity contribution in [2.75, 3.05) is 4.90 Å². The number of imide groups is 1. The molecule has 1 aromatic rings. The third kappa shape index (κ3) is 2.25. The van der Waals surface area contributed by atoms with Crippen LogP contribution >= 0.6 is 31.9 Å². The lowest BCUT2D eigenvalue weighted by Gasteiger charge is -2.29. The number of rotatable bonds is 1. The highest BCUT2D eigenvalue weighted by atomic mass is 79.9. The van der Waals surface area contributed by atoms with Crippen molar-refractivity contribution in [3.8, 4) is 0 Å². The van der Waals surface area contributed by atoms with Crippen molar-refractivity contribution >= 4 is 49.4 Å². The van der Waals surface area contributed by atoms with Crippen LogP contribution in [-0.2, 0) is 9.59 Å². The van der Waals surface area contributed by atoms with E-state index in [-0.39, 0.29) is 33.3 Å². The Balaban J connectivity index is 1.95. The first-order valence-electron chi connectivity index (χ1n) is 6.71. The van der Waals surface area contributed by atoms with Crippen LogP contribution in [0.25, 0.3) is 0 Å². The Labute approximate surface area is 135 Å². The minimum Gasteiger partial charge on any atom is -0.274 e. The van der Waals surface area contributed by atoms with Crippen molar-refractivity contribution in [2.24, 2.45) is 11.8 Å². The number of halogens is 2. The number of carbonyl (C=O) groups is 2. The third-order valence-electron chi connectivity index (χ3n) is 4.17. The molecule has 1 aliphatic heterocycles. The van der Waals surface area contributed by atoms with Crippen LogP contribution in [0.1, 0.15) is 18.4 Å². The van der Waals surface area contributed by atoms with Crippen LogP contribution in [0.2, 0.25) is 0 Å². The van der Waals surface area contributed by atoms with Crippen molar-refractivity contribution in [1.82, 2.24) is 0 Å². The SMILES string of the molecule is Cc1cccc(N2C(=O)[C@H]3C[C@@H](Br)[C@@H](Br)C[C@H]3C2=O)c1. The zero-order valence-electron chi connectivity index (χ0n) is 11.1. The maximum atomic E-state index is 12.6. The van der Waals surface area contributed by atoms with Gasteiger partial charge in [-0.3, -0.25) is 14.5 Å². The molecule has 1 aliphatic carbocycles. The molecule has 0 spiro atoms. The predicted octanol–water partition coefficient (Wildman–Crippen LogP) is 3.42. The number of hydrogen-bond acceptors (Lipinski definition) is 2. The summed E-state index contributed by atoms with van der Waals surface area (Å²) >= 11 is 7.19. The Kier molecular flexibility index (Phi) is 3.75. The van der Waals surface area contributed by atoms with Gasteiger partial charge in [-0.25, -0.2) is 0 Å². The molecule has 0 aromatic heterocycles. The Hall–Kier alpha value is -0.680. The maximum Gasteiger partial charge on any atom is 0.237 e. The van der Waals surface area contributed by atoms with Gasteiger partial charge in [-0.15, -0.1) is 0 Å². The van der Waals surface area contributed by atoms with Crippen molar-refractivity contribution in [1.29, 1.82) is 0 Å². The van der Waals surface area contributed by atoms with Crippen LogP contribution < -0.4 is 4.90 Å². The molecule has 1 saturated carbocycles. The highest BCUT2D eigenvalue weighted by Crippen LogP contribution is 2.44. The third-order valence-corrected chi connectivity index (χ3v) is 6.90. The number of amides is 2. The van der Waals surface area contributed by atoms with E-state index in [9.17, 15) is 9.59 Å². The second-order valence-electron chi connectivity index (χ2n) is 5.57. The van der Waals surface area contributed by atoms with Crippen LogP contribution in [0, 0.1) is 18.8 Å². The molecule has 5 heteroatoms. The number of nitrogens with zero attached hydrogens (tertiary/aromatic N) is 1. The van der Waals surface area contributed by atoms with Gasteiger partial charge in [-0.05, 0) is 37.5 Å². The van der Waals surface area contributed by atoms with Gasteiger partial charge in [-0.1, -0.05) is 44.0 Å². The van der Waals surface area contributed by atoms with Crippen LogP contribution in [-0.4, -0.2) is 21.5 Å². The van der Waals surface area contributed by atoms with Gasteiger partial charge in [-0.2, -0.15) is 0 Å². The van der Waals surface area contributed by atoms with Gasteiger partial charge in [0.1, 0.15) is 0 Å². The summed E-state index contributed by atoms with van der Waals surface area (Å²) in [5, 5.41) is 0. The van der Waals surface area contributed by atoms with E-state index in [1.54, 1.807) is 0 Å².